The average molecular weight is 264 g/mol. The van der Waals surface area contributed by atoms with Crippen LogP contribution in [-0.4, -0.2) is 61.1 Å². The lowest BCUT2D eigenvalue weighted by molar-refractivity contribution is -0.127. The summed E-state index contributed by atoms with van der Waals surface area (Å²) in [5.41, 5.74) is 0. The minimum atomic E-state index is 0.120. The predicted octanol–water partition coefficient (Wildman–Crippen LogP) is 1.44. The molecule has 19 heavy (non-hydrogen) atoms. The third kappa shape index (κ3) is 4.48. The van der Waals surface area contributed by atoms with E-state index in [9.17, 15) is 4.79 Å². The van der Waals surface area contributed by atoms with Crippen molar-refractivity contribution in [3.05, 3.63) is 24.3 Å². The molecule has 4 nitrogen and oxygen atoms in total. The Morgan fingerprint density at radius 1 is 1.26 bits per heavy atom. The summed E-state index contributed by atoms with van der Waals surface area (Å²) >= 11 is 0. The van der Waals surface area contributed by atoms with Crippen molar-refractivity contribution in [2.75, 3.05) is 39.3 Å². The van der Waals surface area contributed by atoms with Crippen LogP contribution in [0.25, 0.3) is 0 Å². The maximum absolute atomic E-state index is 11.9. The molecule has 0 aromatic carbocycles. The molecular formula is C15H24N2O2. The molecule has 0 saturated carbocycles. The molecule has 1 atom stereocenters. The monoisotopic (exact) mass is 264 g/mol. The van der Waals surface area contributed by atoms with Crippen molar-refractivity contribution in [3.63, 3.8) is 0 Å². The molecule has 2 aliphatic heterocycles. The number of ether oxygens (including phenoxy) is 1. The Hall–Kier alpha value is -1.13. The van der Waals surface area contributed by atoms with Gasteiger partial charge in [0, 0.05) is 45.4 Å². The second-order valence-corrected chi connectivity index (χ2v) is 5.15. The number of hydrogen-bond donors (Lipinski definition) is 0. The van der Waals surface area contributed by atoms with E-state index in [1.54, 1.807) is 12.2 Å². The molecule has 0 radical (unpaired) electrons. The van der Waals surface area contributed by atoms with E-state index in [0.29, 0.717) is 6.10 Å². The third-order valence-electron chi connectivity index (χ3n) is 3.71. The van der Waals surface area contributed by atoms with Gasteiger partial charge in [0.25, 0.3) is 0 Å². The van der Waals surface area contributed by atoms with Gasteiger partial charge in [-0.05, 0) is 19.8 Å². The van der Waals surface area contributed by atoms with Crippen molar-refractivity contribution in [1.29, 1.82) is 0 Å². The quantitative estimate of drug-likeness (QED) is 0.569. The Morgan fingerprint density at radius 2 is 2.05 bits per heavy atom. The summed E-state index contributed by atoms with van der Waals surface area (Å²) in [6, 6.07) is 0. The van der Waals surface area contributed by atoms with Gasteiger partial charge in [-0.3, -0.25) is 9.69 Å². The molecule has 2 heterocycles. The van der Waals surface area contributed by atoms with Gasteiger partial charge in [-0.2, -0.15) is 0 Å². The summed E-state index contributed by atoms with van der Waals surface area (Å²) in [4.78, 5) is 16.2. The standard InChI is InChI=1S/C15H24N2O2/c1-2-3-4-7-15(18)17-10-8-16(9-11-17)13-14-6-5-12-19-14/h2-4,7,14H,5-6,8-13H2,1H3/b3-2+,7-4-/t14-/m1/s1. The zero-order chi connectivity index (χ0) is 13.5. The fourth-order valence-corrected chi connectivity index (χ4v) is 2.58. The Bertz CT molecular complexity index is 338. The van der Waals surface area contributed by atoms with Crippen LogP contribution in [0, 0.1) is 0 Å². The van der Waals surface area contributed by atoms with Gasteiger partial charge in [0.2, 0.25) is 5.91 Å². The molecule has 0 unspecified atom stereocenters. The first-order valence-corrected chi connectivity index (χ1v) is 7.22. The number of carbonyl (C=O) groups excluding carboxylic acids is 1. The number of rotatable bonds is 4. The van der Waals surface area contributed by atoms with Crippen LogP contribution in [-0.2, 0) is 9.53 Å². The highest BCUT2D eigenvalue weighted by atomic mass is 16.5. The van der Waals surface area contributed by atoms with Gasteiger partial charge in [-0.25, -0.2) is 0 Å². The smallest absolute Gasteiger partial charge is 0.246 e. The van der Waals surface area contributed by atoms with E-state index in [-0.39, 0.29) is 5.91 Å². The maximum atomic E-state index is 11.9. The third-order valence-corrected chi connectivity index (χ3v) is 3.71. The molecule has 2 rings (SSSR count). The van der Waals surface area contributed by atoms with Gasteiger partial charge in [-0.1, -0.05) is 18.2 Å². The van der Waals surface area contributed by atoms with Gasteiger partial charge < -0.3 is 9.64 Å². The summed E-state index contributed by atoms with van der Waals surface area (Å²) in [5, 5.41) is 0. The predicted molar refractivity (Wildman–Crippen MR) is 75.9 cm³/mol. The van der Waals surface area contributed by atoms with Crippen LogP contribution in [0.4, 0.5) is 0 Å². The SMILES string of the molecule is C/C=C/C=C\C(=O)N1CCN(C[C@H]2CCCO2)CC1. The van der Waals surface area contributed by atoms with Crippen LogP contribution in [0.3, 0.4) is 0 Å². The Balaban J connectivity index is 1.70. The summed E-state index contributed by atoms with van der Waals surface area (Å²) in [7, 11) is 0. The fraction of sp³-hybridized carbons (Fsp3) is 0.667. The average Bonchev–Trinajstić information content (AvgIpc) is 2.93. The Kier molecular flexibility index (Phi) is 5.61. The van der Waals surface area contributed by atoms with Crippen LogP contribution in [0.15, 0.2) is 24.3 Å². The largest absolute Gasteiger partial charge is 0.377 e. The van der Waals surface area contributed by atoms with Crippen LogP contribution in [0.2, 0.25) is 0 Å². The number of piperazine rings is 1. The van der Waals surface area contributed by atoms with Crippen molar-refractivity contribution in [2.45, 2.75) is 25.9 Å². The molecule has 2 saturated heterocycles. The minimum Gasteiger partial charge on any atom is -0.377 e. The second kappa shape index (κ2) is 7.46. The molecule has 4 heteroatoms. The van der Waals surface area contributed by atoms with E-state index in [1.807, 2.05) is 24.0 Å². The molecular weight excluding hydrogens is 240 g/mol. The van der Waals surface area contributed by atoms with Gasteiger partial charge in [0.05, 0.1) is 6.10 Å². The van der Waals surface area contributed by atoms with E-state index >= 15 is 0 Å². The lowest BCUT2D eigenvalue weighted by atomic mass is 10.2. The minimum absolute atomic E-state index is 0.120. The lowest BCUT2D eigenvalue weighted by Gasteiger charge is -2.35. The summed E-state index contributed by atoms with van der Waals surface area (Å²) in [5.74, 6) is 0.120. The number of allylic oxidation sites excluding steroid dienone is 3. The summed E-state index contributed by atoms with van der Waals surface area (Å²) in [6.45, 7) is 7.46. The van der Waals surface area contributed by atoms with Crippen LogP contribution >= 0.6 is 0 Å². The Labute approximate surface area is 115 Å². The molecule has 0 spiro atoms. The van der Waals surface area contributed by atoms with Crippen molar-refractivity contribution < 1.29 is 9.53 Å². The van der Waals surface area contributed by atoms with E-state index in [4.69, 9.17) is 4.74 Å². The molecule has 2 aliphatic rings. The van der Waals surface area contributed by atoms with Crippen LogP contribution < -0.4 is 0 Å². The highest BCUT2D eigenvalue weighted by molar-refractivity contribution is 5.87. The fourth-order valence-electron chi connectivity index (χ4n) is 2.58. The molecule has 0 bridgehead atoms. The number of hydrogen-bond acceptors (Lipinski definition) is 3. The van der Waals surface area contributed by atoms with Crippen molar-refractivity contribution in [1.82, 2.24) is 9.80 Å². The van der Waals surface area contributed by atoms with Crippen molar-refractivity contribution >= 4 is 5.91 Å². The molecule has 1 amide bonds. The topological polar surface area (TPSA) is 32.8 Å². The zero-order valence-corrected chi connectivity index (χ0v) is 11.8. The second-order valence-electron chi connectivity index (χ2n) is 5.15. The number of nitrogens with zero attached hydrogens (tertiary/aromatic N) is 2. The number of amides is 1. The number of carbonyl (C=O) groups is 1. The molecule has 0 aliphatic carbocycles. The van der Waals surface area contributed by atoms with E-state index in [0.717, 1.165) is 39.3 Å². The summed E-state index contributed by atoms with van der Waals surface area (Å²) < 4.78 is 5.65. The highest BCUT2D eigenvalue weighted by Gasteiger charge is 2.23. The van der Waals surface area contributed by atoms with Gasteiger partial charge >= 0.3 is 0 Å². The zero-order valence-electron chi connectivity index (χ0n) is 11.8. The van der Waals surface area contributed by atoms with Crippen molar-refractivity contribution in [3.8, 4) is 0 Å². The summed E-state index contributed by atoms with van der Waals surface area (Å²) in [6.07, 6.45) is 10.0. The van der Waals surface area contributed by atoms with E-state index in [1.165, 1.54) is 12.8 Å². The highest BCUT2D eigenvalue weighted by Crippen LogP contribution is 2.14. The molecule has 0 aromatic rings. The molecule has 0 aromatic heterocycles. The molecule has 0 N–H and O–H groups in total. The van der Waals surface area contributed by atoms with Gasteiger partial charge in [0.1, 0.15) is 0 Å². The van der Waals surface area contributed by atoms with Crippen molar-refractivity contribution in [2.24, 2.45) is 0 Å². The normalized spacial score (nSPS) is 25.7. The van der Waals surface area contributed by atoms with Crippen LogP contribution in [0.5, 0.6) is 0 Å². The first-order chi connectivity index (χ1) is 9.29. The van der Waals surface area contributed by atoms with E-state index in [2.05, 4.69) is 4.90 Å². The molecule has 106 valence electrons. The van der Waals surface area contributed by atoms with E-state index < -0.39 is 0 Å². The maximum Gasteiger partial charge on any atom is 0.246 e. The van der Waals surface area contributed by atoms with Gasteiger partial charge in [0.15, 0.2) is 0 Å². The lowest BCUT2D eigenvalue weighted by Crippen LogP contribution is -2.50. The van der Waals surface area contributed by atoms with Crippen LogP contribution in [0.1, 0.15) is 19.8 Å². The van der Waals surface area contributed by atoms with Gasteiger partial charge in [-0.15, -0.1) is 0 Å². The molecule has 2 fully saturated rings. The first-order valence-electron chi connectivity index (χ1n) is 7.22. The first kappa shape index (κ1) is 14.3. The Morgan fingerprint density at radius 3 is 2.68 bits per heavy atom.